The zero-order valence-electron chi connectivity index (χ0n) is 14.5. The first-order chi connectivity index (χ1) is 12.7. The number of nitrogens with zero attached hydrogens (tertiary/aromatic N) is 2. The predicted molar refractivity (Wildman–Crippen MR) is 109 cm³/mol. The molecular weight excluding hydrogens is 364 g/mol. The monoisotopic (exact) mass is 384 g/mol. The topological polar surface area (TPSA) is 34.9 Å². The molecule has 1 aromatic heterocycles. The molecule has 3 aromatic rings. The van der Waals surface area contributed by atoms with Crippen LogP contribution in [0.3, 0.4) is 0 Å². The van der Waals surface area contributed by atoms with Crippen LogP contribution in [0.5, 0.6) is 0 Å². The van der Waals surface area contributed by atoms with Gasteiger partial charge in [-0.3, -0.25) is 9.36 Å². The zero-order chi connectivity index (χ0) is 17.9. The summed E-state index contributed by atoms with van der Waals surface area (Å²) in [6.07, 6.45) is 5.73. The van der Waals surface area contributed by atoms with Crippen LogP contribution >= 0.6 is 23.4 Å². The van der Waals surface area contributed by atoms with Crippen LogP contribution in [0.4, 0.5) is 0 Å². The van der Waals surface area contributed by atoms with Gasteiger partial charge in [0.1, 0.15) is 0 Å². The van der Waals surface area contributed by atoms with Crippen LogP contribution in [-0.4, -0.2) is 9.55 Å². The van der Waals surface area contributed by atoms with Gasteiger partial charge < -0.3 is 0 Å². The molecule has 3 nitrogen and oxygen atoms in total. The Morgan fingerprint density at radius 1 is 1.04 bits per heavy atom. The third-order valence-corrected chi connectivity index (χ3v) is 6.40. The van der Waals surface area contributed by atoms with Crippen molar-refractivity contribution < 1.29 is 0 Å². The summed E-state index contributed by atoms with van der Waals surface area (Å²) in [4.78, 5) is 18.0. The highest BCUT2D eigenvalue weighted by Gasteiger charge is 2.22. The predicted octanol–water partition coefficient (Wildman–Crippen LogP) is 5.85. The lowest BCUT2D eigenvalue weighted by Crippen LogP contribution is -2.29. The molecule has 0 saturated heterocycles. The van der Waals surface area contributed by atoms with Crippen molar-refractivity contribution in [3.05, 3.63) is 69.5 Å². The third-order valence-electron chi connectivity index (χ3n) is 5.03. The van der Waals surface area contributed by atoms with E-state index in [2.05, 4.69) is 0 Å². The van der Waals surface area contributed by atoms with Crippen LogP contribution in [0.15, 0.2) is 58.5 Å². The summed E-state index contributed by atoms with van der Waals surface area (Å²) in [5.41, 5.74) is 1.92. The van der Waals surface area contributed by atoms with E-state index in [1.54, 1.807) is 11.8 Å². The minimum absolute atomic E-state index is 0.0872. The maximum atomic E-state index is 13.2. The molecule has 1 aliphatic rings. The molecule has 0 aliphatic heterocycles. The number of thioether (sulfide) groups is 1. The SMILES string of the molecule is O=c1c2ccccc2nc(SCc2ccccc2Cl)n1C1CCCCC1. The van der Waals surface area contributed by atoms with Crippen molar-refractivity contribution in [2.24, 2.45) is 0 Å². The van der Waals surface area contributed by atoms with E-state index < -0.39 is 0 Å². The first-order valence-electron chi connectivity index (χ1n) is 9.11. The van der Waals surface area contributed by atoms with Crippen LogP contribution in [0.1, 0.15) is 43.7 Å². The minimum atomic E-state index is 0.0872. The number of fused-ring (bicyclic) bond motifs is 1. The van der Waals surface area contributed by atoms with Crippen LogP contribution < -0.4 is 5.56 Å². The lowest BCUT2D eigenvalue weighted by Gasteiger charge is -2.26. The Hall–Kier alpha value is -1.78. The summed E-state index contributed by atoms with van der Waals surface area (Å²) in [6.45, 7) is 0. The van der Waals surface area contributed by atoms with Crippen LogP contribution in [0.2, 0.25) is 5.02 Å². The maximum absolute atomic E-state index is 13.2. The smallest absolute Gasteiger partial charge is 0.262 e. The second-order valence-electron chi connectivity index (χ2n) is 6.76. The molecule has 0 bridgehead atoms. The quantitative estimate of drug-likeness (QED) is 0.418. The lowest BCUT2D eigenvalue weighted by molar-refractivity contribution is 0.326. The van der Waals surface area contributed by atoms with Crippen LogP contribution in [0.25, 0.3) is 10.9 Å². The van der Waals surface area contributed by atoms with Gasteiger partial charge >= 0.3 is 0 Å². The average Bonchev–Trinajstić information content (AvgIpc) is 2.68. The molecule has 5 heteroatoms. The standard InChI is InChI=1S/C21H21ClN2OS/c22-18-12-6-4-8-15(18)14-26-21-23-19-13-7-5-11-17(19)20(25)24(21)16-9-2-1-3-10-16/h4-8,11-13,16H,1-3,9-10,14H2. The molecule has 1 saturated carbocycles. The fourth-order valence-electron chi connectivity index (χ4n) is 3.65. The van der Waals surface area contributed by atoms with Gasteiger partial charge in [-0.15, -0.1) is 0 Å². The number of hydrogen-bond acceptors (Lipinski definition) is 3. The first kappa shape index (κ1) is 17.6. The number of rotatable bonds is 4. The second kappa shape index (κ2) is 7.85. The summed E-state index contributed by atoms with van der Waals surface area (Å²) in [5.74, 6) is 0.706. The van der Waals surface area contributed by atoms with Gasteiger partial charge in [0.05, 0.1) is 10.9 Å². The van der Waals surface area contributed by atoms with Gasteiger partial charge in [0.15, 0.2) is 5.16 Å². The van der Waals surface area contributed by atoms with E-state index >= 15 is 0 Å². The average molecular weight is 385 g/mol. The minimum Gasteiger partial charge on any atom is -0.284 e. The number of benzene rings is 2. The van der Waals surface area contributed by atoms with Crippen LogP contribution in [0, 0.1) is 0 Å². The second-order valence-corrected chi connectivity index (χ2v) is 8.11. The Kier molecular flexibility index (Phi) is 5.32. The molecule has 0 atom stereocenters. The Labute approximate surface area is 162 Å². The van der Waals surface area contributed by atoms with E-state index in [-0.39, 0.29) is 11.6 Å². The van der Waals surface area contributed by atoms with E-state index in [4.69, 9.17) is 16.6 Å². The van der Waals surface area contributed by atoms with Crippen molar-refractivity contribution in [3.8, 4) is 0 Å². The van der Waals surface area contributed by atoms with Crippen LogP contribution in [-0.2, 0) is 5.75 Å². The lowest BCUT2D eigenvalue weighted by atomic mass is 9.95. The highest BCUT2D eigenvalue weighted by atomic mass is 35.5. The van der Waals surface area contributed by atoms with Crippen molar-refractivity contribution in [2.75, 3.05) is 0 Å². The van der Waals surface area contributed by atoms with Gasteiger partial charge in [-0.25, -0.2) is 4.98 Å². The molecular formula is C21H21ClN2OS. The third kappa shape index (κ3) is 3.53. The molecule has 134 valence electrons. The maximum Gasteiger partial charge on any atom is 0.262 e. The fraction of sp³-hybridized carbons (Fsp3) is 0.333. The van der Waals surface area contributed by atoms with Gasteiger partial charge in [-0.05, 0) is 36.6 Å². The highest BCUT2D eigenvalue weighted by molar-refractivity contribution is 7.98. The van der Waals surface area contributed by atoms with Crippen molar-refractivity contribution >= 4 is 34.3 Å². The van der Waals surface area contributed by atoms with Crippen molar-refractivity contribution in [1.82, 2.24) is 9.55 Å². The van der Waals surface area contributed by atoms with Crippen molar-refractivity contribution in [1.29, 1.82) is 0 Å². The van der Waals surface area contributed by atoms with E-state index in [1.807, 2.05) is 53.1 Å². The van der Waals surface area contributed by atoms with Gasteiger partial charge in [-0.2, -0.15) is 0 Å². The van der Waals surface area contributed by atoms with Gasteiger partial charge in [0.2, 0.25) is 0 Å². The molecule has 1 heterocycles. The molecule has 1 aliphatic carbocycles. The van der Waals surface area contributed by atoms with Crippen molar-refractivity contribution in [2.45, 2.75) is 49.1 Å². The summed E-state index contributed by atoms with van der Waals surface area (Å²) >= 11 is 7.91. The summed E-state index contributed by atoms with van der Waals surface area (Å²) < 4.78 is 1.95. The van der Waals surface area contributed by atoms with E-state index in [9.17, 15) is 4.79 Å². The van der Waals surface area contributed by atoms with E-state index in [0.717, 1.165) is 34.1 Å². The normalized spacial score (nSPS) is 15.4. The molecule has 0 radical (unpaired) electrons. The summed E-state index contributed by atoms with van der Waals surface area (Å²) in [6, 6.07) is 15.7. The van der Waals surface area contributed by atoms with E-state index in [1.165, 1.54) is 19.3 Å². The Morgan fingerprint density at radius 3 is 2.58 bits per heavy atom. The summed E-state index contributed by atoms with van der Waals surface area (Å²) in [5, 5.41) is 2.27. The van der Waals surface area contributed by atoms with Gasteiger partial charge in [-0.1, -0.05) is 73.0 Å². The molecule has 0 unspecified atom stereocenters. The molecule has 2 aromatic carbocycles. The molecule has 0 N–H and O–H groups in total. The number of hydrogen-bond donors (Lipinski definition) is 0. The molecule has 1 fully saturated rings. The first-order valence-corrected chi connectivity index (χ1v) is 10.5. The number of halogens is 1. The van der Waals surface area contributed by atoms with Gasteiger partial charge in [0.25, 0.3) is 5.56 Å². The highest BCUT2D eigenvalue weighted by Crippen LogP contribution is 2.32. The Bertz CT molecular complexity index is 979. The largest absolute Gasteiger partial charge is 0.284 e. The zero-order valence-corrected chi connectivity index (χ0v) is 16.1. The van der Waals surface area contributed by atoms with Gasteiger partial charge in [0, 0.05) is 16.8 Å². The Morgan fingerprint density at radius 2 is 1.77 bits per heavy atom. The molecule has 4 rings (SSSR count). The van der Waals surface area contributed by atoms with E-state index in [0.29, 0.717) is 11.1 Å². The number of aromatic nitrogens is 2. The summed E-state index contributed by atoms with van der Waals surface area (Å²) in [7, 11) is 0. The number of para-hydroxylation sites is 1. The van der Waals surface area contributed by atoms with Crippen molar-refractivity contribution in [3.63, 3.8) is 0 Å². The molecule has 0 spiro atoms. The fourth-order valence-corrected chi connectivity index (χ4v) is 5.00. The molecule has 0 amide bonds. The molecule has 26 heavy (non-hydrogen) atoms. The Balaban J connectivity index is 1.76.